The number of rotatable bonds is 2. The van der Waals surface area contributed by atoms with Crippen LogP contribution in [0.2, 0.25) is 5.02 Å². The first kappa shape index (κ1) is 19.0. The van der Waals surface area contributed by atoms with Gasteiger partial charge in [0.2, 0.25) is 0 Å². The summed E-state index contributed by atoms with van der Waals surface area (Å²) in [6, 6.07) is 10.5. The Morgan fingerprint density at radius 3 is 2.79 bits per heavy atom. The van der Waals surface area contributed by atoms with Gasteiger partial charge in [-0.05, 0) is 29.5 Å². The Balaban J connectivity index is 1.89. The summed E-state index contributed by atoms with van der Waals surface area (Å²) >= 11 is 17.3. The number of allylic oxidation sites excluding steroid dienone is 4. The van der Waals surface area contributed by atoms with E-state index in [0.717, 1.165) is 48.0 Å². The molecule has 2 heterocycles. The van der Waals surface area contributed by atoms with Gasteiger partial charge in [0.1, 0.15) is 0 Å². The second-order valence-corrected chi connectivity index (χ2v) is 9.87. The largest absolute Gasteiger partial charge is 0.133 e. The van der Waals surface area contributed by atoms with Crippen molar-refractivity contribution >= 4 is 87.2 Å². The molecule has 2 aromatic carbocycles. The van der Waals surface area contributed by atoms with Crippen molar-refractivity contribution in [3.05, 3.63) is 68.9 Å². The summed E-state index contributed by atoms with van der Waals surface area (Å²) < 4.78 is 4.72. The maximum atomic E-state index is 6.88. The lowest BCUT2D eigenvalue weighted by Crippen LogP contribution is -2.27. The van der Waals surface area contributed by atoms with Gasteiger partial charge in [0, 0.05) is 30.3 Å². The van der Waals surface area contributed by atoms with E-state index in [4.69, 9.17) is 29.6 Å². The lowest BCUT2D eigenvalue weighted by Gasteiger charge is -2.14. The predicted molar refractivity (Wildman–Crippen MR) is 133 cm³/mol. The first-order valence-electron chi connectivity index (χ1n) is 9.40. The first-order valence-corrected chi connectivity index (χ1v) is 11.8. The Morgan fingerprint density at radius 2 is 2.00 bits per heavy atom. The monoisotopic (exact) mass is 450 g/mol. The smallest absolute Gasteiger partial charge is 0.0813 e. The van der Waals surface area contributed by atoms with Gasteiger partial charge in [-0.1, -0.05) is 78.5 Å². The third-order valence-electron chi connectivity index (χ3n) is 5.23. The molecule has 5 rings (SSSR count). The lowest BCUT2D eigenvalue weighted by molar-refractivity contribution is 1.10. The van der Waals surface area contributed by atoms with Gasteiger partial charge in [-0.3, -0.25) is 0 Å². The Labute approximate surface area is 187 Å². The second kappa shape index (κ2) is 7.35. The topological polar surface area (TPSA) is 0 Å². The molecule has 0 nitrogen and oxygen atoms in total. The van der Waals surface area contributed by atoms with E-state index in [2.05, 4.69) is 55.3 Å². The zero-order chi connectivity index (χ0) is 20.1. The van der Waals surface area contributed by atoms with Crippen LogP contribution in [0.15, 0.2) is 54.1 Å². The zero-order valence-corrected chi connectivity index (χ0v) is 18.8. The van der Waals surface area contributed by atoms with Crippen LogP contribution < -0.4 is 9.75 Å². The van der Waals surface area contributed by atoms with E-state index in [-0.39, 0.29) is 5.92 Å². The van der Waals surface area contributed by atoms with Crippen LogP contribution in [-0.2, 0) is 0 Å². The van der Waals surface area contributed by atoms with Crippen molar-refractivity contribution in [3.63, 3.8) is 0 Å². The Morgan fingerprint density at radius 1 is 1.17 bits per heavy atom. The molecule has 1 aliphatic rings. The van der Waals surface area contributed by atoms with Crippen molar-refractivity contribution in [1.82, 2.24) is 0 Å². The van der Waals surface area contributed by atoms with Gasteiger partial charge in [0.15, 0.2) is 0 Å². The van der Waals surface area contributed by atoms with Gasteiger partial charge in [-0.2, -0.15) is 0 Å². The SMILES string of the molecule is C#CC1C(Cl)=c2c(sc3c2sc2cc4ccccc4c(Cl)c23)=C/C1=C/C=C\CC. The number of hydrogen-bond acceptors (Lipinski definition) is 2. The van der Waals surface area contributed by atoms with E-state index in [0.29, 0.717) is 0 Å². The minimum Gasteiger partial charge on any atom is -0.133 e. The summed E-state index contributed by atoms with van der Waals surface area (Å²) in [5.74, 6) is 2.66. The number of halogens is 2. The maximum absolute atomic E-state index is 6.88. The third-order valence-corrected chi connectivity index (χ3v) is 8.47. The summed E-state index contributed by atoms with van der Waals surface area (Å²) in [5.41, 5.74) is 1.06. The fourth-order valence-corrected chi connectivity index (χ4v) is 7.68. The van der Waals surface area contributed by atoms with E-state index in [1.54, 1.807) is 22.7 Å². The van der Waals surface area contributed by atoms with Crippen molar-refractivity contribution in [2.75, 3.05) is 0 Å². The van der Waals surface area contributed by atoms with Crippen LogP contribution in [0.25, 0.3) is 41.4 Å². The maximum Gasteiger partial charge on any atom is 0.0813 e. The molecule has 0 N–H and O–H groups in total. The standard InChI is InChI=1S/C25H16Cl2S2/c1-3-5-6-9-14-12-18-20(22(26)16(14)4-2)24-25(28-18)21-19(29-24)13-15-10-7-8-11-17(15)23(21)27/h2,5-13,16H,3H2,1H3/b6-5-,14-9-. The number of benzene rings is 2. The van der Waals surface area contributed by atoms with Gasteiger partial charge >= 0.3 is 0 Å². The van der Waals surface area contributed by atoms with E-state index >= 15 is 0 Å². The molecule has 0 spiro atoms. The molecule has 0 saturated carbocycles. The molecule has 0 fully saturated rings. The van der Waals surface area contributed by atoms with Crippen LogP contribution in [-0.4, -0.2) is 0 Å². The van der Waals surface area contributed by atoms with Gasteiger partial charge in [-0.15, -0.1) is 29.1 Å². The molecule has 4 aromatic rings. The minimum atomic E-state index is -0.219. The molecule has 29 heavy (non-hydrogen) atoms. The van der Waals surface area contributed by atoms with Crippen LogP contribution in [0.5, 0.6) is 0 Å². The summed E-state index contributed by atoms with van der Waals surface area (Å²) in [4.78, 5) is 0. The van der Waals surface area contributed by atoms with E-state index < -0.39 is 0 Å². The molecule has 0 bridgehead atoms. The van der Waals surface area contributed by atoms with E-state index in [1.807, 2.05) is 12.1 Å². The molecule has 1 aliphatic carbocycles. The van der Waals surface area contributed by atoms with E-state index in [1.165, 1.54) is 14.1 Å². The van der Waals surface area contributed by atoms with Gasteiger partial charge in [0.25, 0.3) is 0 Å². The van der Waals surface area contributed by atoms with Crippen LogP contribution in [0, 0.1) is 18.3 Å². The molecule has 0 amide bonds. The quantitative estimate of drug-likeness (QED) is 0.283. The van der Waals surface area contributed by atoms with Crippen LogP contribution >= 0.6 is 45.9 Å². The van der Waals surface area contributed by atoms with Crippen LogP contribution in [0.4, 0.5) is 0 Å². The summed E-state index contributed by atoms with van der Waals surface area (Å²) in [6.07, 6.45) is 15.3. The average Bonchev–Trinajstić information content (AvgIpc) is 3.24. The zero-order valence-electron chi connectivity index (χ0n) is 15.6. The molecule has 0 aliphatic heterocycles. The second-order valence-electron chi connectivity index (χ2n) is 6.98. The van der Waals surface area contributed by atoms with Crippen molar-refractivity contribution in [1.29, 1.82) is 0 Å². The molecule has 0 radical (unpaired) electrons. The van der Waals surface area contributed by atoms with Crippen molar-refractivity contribution < 1.29 is 0 Å². The Bertz CT molecular complexity index is 1520. The number of terminal acetylenes is 1. The number of hydrogen-bond donors (Lipinski definition) is 0. The van der Waals surface area contributed by atoms with Gasteiger partial charge < -0.3 is 0 Å². The summed E-state index contributed by atoms with van der Waals surface area (Å²) in [6.45, 7) is 2.11. The molecule has 142 valence electrons. The third kappa shape index (κ3) is 2.88. The van der Waals surface area contributed by atoms with Crippen LogP contribution in [0.3, 0.4) is 0 Å². The normalized spacial score (nSPS) is 18.1. The van der Waals surface area contributed by atoms with Crippen molar-refractivity contribution in [2.24, 2.45) is 5.92 Å². The first-order chi connectivity index (χ1) is 14.1. The fourth-order valence-electron chi connectivity index (χ4n) is 3.86. The molecular weight excluding hydrogens is 435 g/mol. The average molecular weight is 451 g/mol. The highest BCUT2D eigenvalue weighted by atomic mass is 35.5. The number of fused-ring (bicyclic) bond motifs is 6. The molecule has 1 unspecified atom stereocenters. The fraction of sp³-hybridized carbons (Fsp3) is 0.120. The molecule has 1 atom stereocenters. The lowest BCUT2D eigenvalue weighted by atomic mass is 9.94. The highest BCUT2D eigenvalue weighted by molar-refractivity contribution is 7.32. The van der Waals surface area contributed by atoms with Crippen LogP contribution in [0.1, 0.15) is 13.3 Å². The van der Waals surface area contributed by atoms with Gasteiger partial charge in [-0.25, -0.2) is 0 Å². The van der Waals surface area contributed by atoms with E-state index in [9.17, 15) is 0 Å². The molecule has 4 heteroatoms. The summed E-state index contributed by atoms with van der Waals surface area (Å²) in [5, 5.41) is 5.99. The predicted octanol–water partition coefficient (Wildman–Crippen LogP) is 7.21. The molecular formula is C25H16Cl2S2. The minimum absolute atomic E-state index is 0.219. The highest BCUT2D eigenvalue weighted by Gasteiger charge is 2.23. The Hall–Kier alpha value is -2.02. The highest BCUT2D eigenvalue weighted by Crippen LogP contribution is 2.43. The van der Waals surface area contributed by atoms with Gasteiger partial charge in [0.05, 0.1) is 20.3 Å². The van der Waals surface area contributed by atoms with Crippen molar-refractivity contribution in [3.8, 4) is 12.3 Å². The Kier molecular flexibility index (Phi) is 4.81. The molecule has 0 saturated heterocycles. The van der Waals surface area contributed by atoms with Crippen molar-refractivity contribution in [2.45, 2.75) is 13.3 Å². The number of thiophene rings is 2. The molecule has 2 aromatic heterocycles. The summed E-state index contributed by atoms with van der Waals surface area (Å²) in [7, 11) is 0.